The first-order chi connectivity index (χ1) is 11.8. The quantitative estimate of drug-likeness (QED) is 0.815. The van der Waals surface area contributed by atoms with Crippen LogP contribution in [0.2, 0.25) is 0 Å². The van der Waals surface area contributed by atoms with Crippen LogP contribution in [0.15, 0.2) is 30.3 Å². The van der Waals surface area contributed by atoms with Crippen LogP contribution in [0.5, 0.6) is 0 Å². The van der Waals surface area contributed by atoms with E-state index in [9.17, 15) is 4.79 Å². The first kappa shape index (κ1) is 17.5. The Kier molecular flexibility index (Phi) is 4.59. The molecular formula is C22H28N2O. The van der Waals surface area contributed by atoms with E-state index in [4.69, 9.17) is 0 Å². The van der Waals surface area contributed by atoms with Crippen LogP contribution in [0.4, 0.5) is 11.4 Å². The highest BCUT2D eigenvalue weighted by atomic mass is 16.2. The number of fused-ring (bicyclic) bond motifs is 1. The van der Waals surface area contributed by atoms with E-state index in [-0.39, 0.29) is 18.0 Å². The third-order valence-electron chi connectivity index (χ3n) is 5.16. The second-order valence-electron chi connectivity index (χ2n) is 7.51. The maximum Gasteiger partial charge on any atom is 0.224 e. The van der Waals surface area contributed by atoms with Crippen LogP contribution >= 0.6 is 0 Å². The smallest absolute Gasteiger partial charge is 0.224 e. The predicted molar refractivity (Wildman–Crippen MR) is 105 cm³/mol. The van der Waals surface area contributed by atoms with E-state index >= 15 is 0 Å². The molecule has 0 aliphatic carbocycles. The molecule has 2 aromatic carbocycles. The standard InChI is InChI=1S/C22H28N2O/c1-13-7-8-20(15(3)9-13)23-21-12-17(5)24(18(6)25)22-16(4)10-14(2)11-19(21)22/h7-11,17,21,23H,12H2,1-6H3. The van der Waals surface area contributed by atoms with Crippen LogP contribution in [0.3, 0.4) is 0 Å². The predicted octanol–water partition coefficient (Wildman–Crippen LogP) is 5.22. The average Bonchev–Trinajstić information content (AvgIpc) is 2.50. The zero-order chi connectivity index (χ0) is 18.3. The Hall–Kier alpha value is -2.29. The lowest BCUT2D eigenvalue weighted by Crippen LogP contribution is -2.43. The topological polar surface area (TPSA) is 32.3 Å². The number of carbonyl (C=O) groups is 1. The van der Waals surface area contributed by atoms with Crippen LogP contribution in [-0.4, -0.2) is 11.9 Å². The number of nitrogens with zero attached hydrogens (tertiary/aromatic N) is 1. The van der Waals surface area contributed by atoms with Crippen molar-refractivity contribution in [3.8, 4) is 0 Å². The van der Waals surface area contributed by atoms with Crippen molar-refractivity contribution in [3.63, 3.8) is 0 Å². The molecule has 25 heavy (non-hydrogen) atoms. The molecule has 0 fully saturated rings. The van der Waals surface area contributed by atoms with Crippen LogP contribution in [0, 0.1) is 27.7 Å². The van der Waals surface area contributed by atoms with Gasteiger partial charge < -0.3 is 10.2 Å². The molecule has 1 aliphatic rings. The highest BCUT2D eigenvalue weighted by Gasteiger charge is 2.33. The van der Waals surface area contributed by atoms with E-state index in [2.05, 4.69) is 70.3 Å². The first-order valence-electron chi connectivity index (χ1n) is 9.02. The minimum absolute atomic E-state index is 0.116. The Morgan fingerprint density at radius 1 is 1.04 bits per heavy atom. The lowest BCUT2D eigenvalue weighted by molar-refractivity contribution is -0.117. The van der Waals surface area contributed by atoms with Gasteiger partial charge >= 0.3 is 0 Å². The Balaban J connectivity index is 2.07. The lowest BCUT2D eigenvalue weighted by atomic mass is 9.88. The monoisotopic (exact) mass is 336 g/mol. The maximum absolute atomic E-state index is 12.3. The van der Waals surface area contributed by atoms with E-state index in [1.54, 1.807) is 6.92 Å². The van der Waals surface area contributed by atoms with Crippen molar-refractivity contribution in [3.05, 3.63) is 58.1 Å². The Morgan fingerprint density at radius 2 is 1.72 bits per heavy atom. The zero-order valence-corrected chi connectivity index (χ0v) is 16.1. The molecule has 0 saturated carbocycles. The molecule has 1 aliphatic heterocycles. The number of rotatable bonds is 2. The van der Waals surface area contributed by atoms with E-state index < -0.39 is 0 Å². The van der Waals surface area contributed by atoms with Gasteiger partial charge in [-0.2, -0.15) is 0 Å². The summed E-state index contributed by atoms with van der Waals surface area (Å²) in [5.41, 5.74) is 8.42. The summed E-state index contributed by atoms with van der Waals surface area (Å²) in [4.78, 5) is 14.2. The van der Waals surface area contributed by atoms with Crippen molar-refractivity contribution in [2.45, 2.75) is 60.0 Å². The maximum atomic E-state index is 12.3. The summed E-state index contributed by atoms with van der Waals surface area (Å²) in [6.45, 7) is 12.3. The Morgan fingerprint density at radius 3 is 2.36 bits per heavy atom. The van der Waals surface area contributed by atoms with Crippen molar-refractivity contribution in [2.75, 3.05) is 10.2 Å². The SMILES string of the molecule is CC(=O)N1c2c(C)cc(C)cc2C(Nc2ccc(C)cc2C)CC1C. The van der Waals surface area contributed by atoms with Gasteiger partial charge in [0.15, 0.2) is 0 Å². The third-order valence-corrected chi connectivity index (χ3v) is 5.16. The molecule has 0 aromatic heterocycles. The van der Waals surface area contributed by atoms with Gasteiger partial charge in [-0.15, -0.1) is 0 Å². The fourth-order valence-corrected chi connectivity index (χ4v) is 4.15. The van der Waals surface area contributed by atoms with Gasteiger partial charge in [0.05, 0.1) is 11.7 Å². The summed E-state index contributed by atoms with van der Waals surface area (Å²) in [7, 11) is 0. The van der Waals surface area contributed by atoms with E-state index in [1.165, 1.54) is 33.5 Å². The second kappa shape index (κ2) is 6.55. The van der Waals surface area contributed by atoms with Crippen molar-refractivity contribution < 1.29 is 4.79 Å². The summed E-state index contributed by atoms with van der Waals surface area (Å²) in [6.07, 6.45) is 0.906. The Bertz CT molecular complexity index is 825. The molecule has 2 unspecified atom stereocenters. The third kappa shape index (κ3) is 3.28. The molecule has 0 bridgehead atoms. The van der Waals surface area contributed by atoms with Gasteiger partial charge in [-0.25, -0.2) is 0 Å². The molecule has 1 N–H and O–H groups in total. The summed E-state index contributed by atoms with van der Waals surface area (Å²) < 4.78 is 0. The van der Waals surface area contributed by atoms with Crippen LogP contribution in [-0.2, 0) is 4.79 Å². The molecular weight excluding hydrogens is 308 g/mol. The van der Waals surface area contributed by atoms with Crippen molar-refractivity contribution in [2.24, 2.45) is 0 Å². The Labute approximate surface area is 151 Å². The van der Waals surface area contributed by atoms with Gasteiger partial charge in [0.2, 0.25) is 5.91 Å². The molecule has 3 nitrogen and oxygen atoms in total. The van der Waals surface area contributed by atoms with Crippen molar-refractivity contribution >= 4 is 17.3 Å². The van der Waals surface area contributed by atoms with Gasteiger partial charge in [-0.1, -0.05) is 35.4 Å². The highest BCUT2D eigenvalue weighted by molar-refractivity contribution is 5.95. The normalized spacial score (nSPS) is 19.5. The molecule has 2 aromatic rings. The summed E-state index contributed by atoms with van der Waals surface area (Å²) in [5, 5.41) is 3.74. The summed E-state index contributed by atoms with van der Waals surface area (Å²) in [6, 6.07) is 11.3. The van der Waals surface area contributed by atoms with Gasteiger partial charge in [-0.05, 0) is 63.8 Å². The van der Waals surface area contributed by atoms with Gasteiger partial charge in [0.25, 0.3) is 0 Å². The van der Waals surface area contributed by atoms with E-state index in [0.717, 1.165) is 12.1 Å². The van der Waals surface area contributed by atoms with Gasteiger partial charge in [0.1, 0.15) is 0 Å². The molecule has 3 rings (SSSR count). The molecule has 0 spiro atoms. The molecule has 132 valence electrons. The summed E-state index contributed by atoms with van der Waals surface area (Å²) >= 11 is 0. The lowest BCUT2D eigenvalue weighted by Gasteiger charge is -2.41. The number of hydrogen-bond acceptors (Lipinski definition) is 2. The minimum Gasteiger partial charge on any atom is -0.378 e. The second-order valence-corrected chi connectivity index (χ2v) is 7.51. The number of anilines is 2. The van der Waals surface area contributed by atoms with E-state index in [0.29, 0.717) is 0 Å². The molecule has 0 saturated heterocycles. The number of amides is 1. The van der Waals surface area contributed by atoms with E-state index in [1.807, 2.05) is 4.90 Å². The van der Waals surface area contributed by atoms with Gasteiger partial charge in [-0.3, -0.25) is 4.79 Å². The van der Waals surface area contributed by atoms with Crippen LogP contribution < -0.4 is 10.2 Å². The van der Waals surface area contributed by atoms with Crippen molar-refractivity contribution in [1.29, 1.82) is 0 Å². The zero-order valence-electron chi connectivity index (χ0n) is 16.1. The number of aryl methyl sites for hydroxylation is 4. The van der Waals surface area contributed by atoms with Crippen LogP contribution in [0.25, 0.3) is 0 Å². The fraction of sp³-hybridized carbons (Fsp3) is 0.409. The molecule has 1 heterocycles. The molecule has 1 amide bonds. The van der Waals surface area contributed by atoms with Crippen molar-refractivity contribution in [1.82, 2.24) is 0 Å². The largest absolute Gasteiger partial charge is 0.378 e. The number of carbonyl (C=O) groups excluding carboxylic acids is 1. The fourth-order valence-electron chi connectivity index (χ4n) is 4.15. The number of nitrogens with one attached hydrogen (secondary N) is 1. The van der Waals surface area contributed by atoms with Gasteiger partial charge in [0, 0.05) is 18.7 Å². The molecule has 0 radical (unpaired) electrons. The summed E-state index contributed by atoms with van der Waals surface area (Å²) in [5.74, 6) is 0.116. The highest BCUT2D eigenvalue weighted by Crippen LogP contribution is 2.42. The number of benzene rings is 2. The number of hydrogen-bond donors (Lipinski definition) is 1. The minimum atomic E-state index is 0.116. The van der Waals surface area contributed by atoms with Crippen LogP contribution in [0.1, 0.15) is 54.1 Å². The first-order valence-corrected chi connectivity index (χ1v) is 9.02. The molecule has 2 atom stereocenters. The average molecular weight is 336 g/mol. The molecule has 3 heteroatoms.